The van der Waals surface area contributed by atoms with Crippen LogP contribution < -0.4 is 5.32 Å². The van der Waals surface area contributed by atoms with Crippen molar-refractivity contribution < 1.29 is 4.39 Å². The van der Waals surface area contributed by atoms with Crippen LogP contribution in [-0.2, 0) is 0 Å². The zero-order valence-electron chi connectivity index (χ0n) is 16.4. The SMILES string of the molecule is CC(C)c1cnn2c(NC3CCC4=C(C3)N=CC4)nc(-c3cncc(F)c3)nc12. The first-order chi connectivity index (χ1) is 14.1. The number of hydrogen-bond donors (Lipinski definition) is 1. The zero-order valence-corrected chi connectivity index (χ0v) is 16.4. The Hall–Kier alpha value is -3.16. The van der Waals surface area contributed by atoms with E-state index in [2.05, 4.69) is 44.2 Å². The first-order valence-electron chi connectivity index (χ1n) is 9.95. The number of rotatable bonds is 4. The van der Waals surface area contributed by atoms with Crippen molar-refractivity contribution in [3.05, 3.63) is 47.3 Å². The van der Waals surface area contributed by atoms with E-state index >= 15 is 0 Å². The smallest absolute Gasteiger partial charge is 0.228 e. The van der Waals surface area contributed by atoms with Gasteiger partial charge in [-0.2, -0.15) is 14.6 Å². The molecule has 1 aliphatic carbocycles. The predicted molar refractivity (Wildman–Crippen MR) is 109 cm³/mol. The van der Waals surface area contributed by atoms with Gasteiger partial charge >= 0.3 is 0 Å². The minimum absolute atomic E-state index is 0.215. The molecule has 3 aromatic rings. The van der Waals surface area contributed by atoms with Gasteiger partial charge in [0, 0.05) is 48.1 Å². The Balaban J connectivity index is 1.57. The van der Waals surface area contributed by atoms with Crippen molar-refractivity contribution in [2.75, 3.05) is 5.32 Å². The molecular weight excluding hydrogens is 369 g/mol. The molecule has 2 aliphatic rings. The lowest BCUT2D eigenvalue weighted by Gasteiger charge is -2.24. The van der Waals surface area contributed by atoms with E-state index in [0.717, 1.165) is 36.9 Å². The summed E-state index contributed by atoms with van der Waals surface area (Å²) in [6.07, 6.45) is 10.5. The van der Waals surface area contributed by atoms with Crippen LogP contribution in [0.5, 0.6) is 0 Å². The molecule has 0 spiro atoms. The molecule has 1 atom stereocenters. The van der Waals surface area contributed by atoms with Gasteiger partial charge in [0.1, 0.15) is 5.82 Å². The van der Waals surface area contributed by atoms with Gasteiger partial charge in [-0.25, -0.2) is 9.37 Å². The van der Waals surface area contributed by atoms with Gasteiger partial charge in [0.25, 0.3) is 0 Å². The first-order valence-corrected chi connectivity index (χ1v) is 9.95. The van der Waals surface area contributed by atoms with Crippen LogP contribution in [0.3, 0.4) is 0 Å². The molecule has 0 fully saturated rings. The number of allylic oxidation sites excluding steroid dienone is 1. The number of fused-ring (bicyclic) bond motifs is 1. The number of hydrogen-bond acceptors (Lipinski definition) is 6. The van der Waals surface area contributed by atoms with Crippen LogP contribution in [0.4, 0.5) is 10.3 Å². The normalized spacial score (nSPS) is 18.7. The molecule has 148 valence electrons. The number of aromatic nitrogens is 5. The van der Waals surface area contributed by atoms with E-state index in [0.29, 0.717) is 17.3 Å². The summed E-state index contributed by atoms with van der Waals surface area (Å²) in [6.45, 7) is 4.20. The maximum Gasteiger partial charge on any atom is 0.228 e. The van der Waals surface area contributed by atoms with Crippen molar-refractivity contribution in [3.63, 3.8) is 0 Å². The van der Waals surface area contributed by atoms with Crippen LogP contribution in [0.25, 0.3) is 17.0 Å². The molecule has 0 amide bonds. The van der Waals surface area contributed by atoms with Gasteiger partial charge in [0.2, 0.25) is 5.95 Å². The molecule has 8 heteroatoms. The lowest BCUT2D eigenvalue weighted by Crippen LogP contribution is -2.25. The van der Waals surface area contributed by atoms with Crippen LogP contribution >= 0.6 is 0 Å². The van der Waals surface area contributed by atoms with Gasteiger partial charge in [-0.15, -0.1) is 0 Å². The summed E-state index contributed by atoms with van der Waals surface area (Å²) in [6, 6.07) is 1.62. The molecule has 1 N–H and O–H groups in total. The number of anilines is 1. The van der Waals surface area contributed by atoms with E-state index in [1.807, 2.05) is 12.4 Å². The number of pyridine rings is 1. The Morgan fingerprint density at radius 3 is 2.93 bits per heavy atom. The Morgan fingerprint density at radius 2 is 2.10 bits per heavy atom. The van der Waals surface area contributed by atoms with E-state index < -0.39 is 5.82 Å². The third kappa shape index (κ3) is 3.28. The highest BCUT2D eigenvalue weighted by atomic mass is 19.1. The van der Waals surface area contributed by atoms with E-state index in [4.69, 9.17) is 0 Å². The summed E-state index contributed by atoms with van der Waals surface area (Å²) in [5, 5.41) is 8.06. The Kier molecular flexibility index (Phi) is 4.34. The average Bonchev–Trinajstić information content (AvgIpc) is 3.34. The molecule has 0 saturated carbocycles. The van der Waals surface area contributed by atoms with E-state index in [9.17, 15) is 4.39 Å². The molecule has 0 aromatic carbocycles. The number of halogens is 1. The van der Waals surface area contributed by atoms with Crippen LogP contribution in [0, 0.1) is 5.82 Å². The fourth-order valence-electron chi connectivity index (χ4n) is 3.97. The van der Waals surface area contributed by atoms with Crippen molar-refractivity contribution in [3.8, 4) is 11.4 Å². The quantitative estimate of drug-likeness (QED) is 0.723. The number of nitrogens with one attached hydrogen (secondary N) is 1. The predicted octanol–water partition coefficient (Wildman–Crippen LogP) is 4.14. The Bertz CT molecular complexity index is 1150. The summed E-state index contributed by atoms with van der Waals surface area (Å²) in [5.74, 6) is 0.883. The number of nitrogens with zero attached hydrogens (tertiary/aromatic N) is 6. The van der Waals surface area contributed by atoms with Gasteiger partial charge in [0.05, 0.1) is 12.4 Å². The summed E-state index contributed by atoms with van der Waals surface area (Å²) < 4.78 is 15.5. The highest BCUT2D eigenvalue weighted by Crippen LogP contribution is 2.33. The third-order valence-corrected chi connectivity index (χ3v) is 5.54. The zero-order chi connectivity index (χ0) is 20.0. The minimum Gasteiger partial charge on any atom is -0.351 e. The molecule has 1 unspecified atom stereocenters. The first kappa shape index (κ1) is 17.9. The molecule has 1 aliphatic heterocycles. The van der Waals surface area contributed by atoms with Crippen LogP contribution in [0.1, 0.15) is 51.0 Å². The van der Waals surface area contributed by atoms with E-state index in [1.54, 1.807) is 10.7 Å². The van der Waals surface area contributed by atoms with Crippen molar-refractivity contribution in [1.82, 2.24) is 24.6 Å². The van der Waals surface area contributed by atoms with Crippen molar-refractivity contribution >= 4 is 17.8 Å². The molecule has 5 rings (SSSR count). The third-order valence-electron chi connectivity index (χ3n) is 5.54. The largest absolute Gasteiger partial charge is 0.351 e. The average molecular weight is 391 g/mol. The second-order valence-electron chi connectivity index (χ2n) is 7.90. The summed E-state index contributed by atoms with van der Waals surface area (Å²) in [7, 11) is 0. The van der Waals surface area contributed by atoms with Crippen molar-refractivity contribution in [1.29, 1.82) is 0 Å². The number of aliphatic imine (C=N–C) groups is 1. The van der Waals surface area contributed by atoms with Gasteiger partial charge in [-0.1, -0.05) is 13.8 Å². The molecule has 0 saturated heterocycles. The highest BCUT2D eigenvalue weighted by molar-refractivity contribution is 5.68. The van der Waals surface area contributed by atoms with E-state index in [-0.39, 0.29) is 12.0 Å². The molecule has 0 radical (unpaired) electrons. The molecule has 3 aromatic heterocycles. The van der Waals surface area contributed by atoms with E-state index in [1.165, 1.54) is 23.5 Å². The second kappa shape index (κ2) is 7.02. The highest BCUT2D eigenvalue weighted by Gasteiger charge is 2.25. The standard InChI is InChI=1S/C21H22FN7/c1-12(2)17-11-25-29-20(17)27-19(14-7-15(22)10-23-9-14)28-21(29)26-16-4-3-13-5-6-24-18(13)8-16/h6-7,9-12,16H,3-5,8H2,1-2H3,(H,26,27,28). The molecule has 29 heavy (non-hydrogen) atoms. The van der Waals surface area contributed by atoms with Crippen LogP contribution in [0.2, 0.25) is 0 Å². The Labute approximate surface area is 167 Å². The van der Waals surface area contributed by atoms with Gasteiger partial charge in [-0.3, -0.25) is 9.98 Å². The minimum atomic E-state index is -0.413. The lowest BCUT2D eigenvalue weighted by atomic mass is 9.92. The molecule has 0 bridgehead atoms. The van der Waals surface area contributed by atoms with Gasteiger partial charge in [0.15, 0.2) is 11.5 Å². The summed E-state index contributed by atoms with van der Waals surface area (Å²) in [5.41, 5.74) is 4.93. The Morgan fingerprint density at radius 1 is 1.21 bits per heavy atom. The van der Waals surface area contributed by atoms with Crippen molar-refractivity contribution in [2.45, 2.75) is 51.5 Å². The molecular formula is C21H22FN7. The summed E-state index contributed by atoms with van der Waals surface area (Å²) >= 11 is 0. The maximum absolute atomic E-state index is 13.7. The monoisotopic (exact) mass is 391 g/mol. The van der Waals surface area contributed by atoms with Crippen LogP contribution in [-0.4, -0.2) is 36.8 Å². The van der Waals surface area contributed by atoms with Crippen LogP contribution in [0.15, 0.2) is 40.9 Å². The summed E-state index contributed by atoms with van der Waals surface area (Å²) in [4.78, 5) is 17.8. The van der Waals surface area contributed by atoms with Crippen molar-refractivity contribution in [2.24, 2.45) is 4.99 Å². The fraction of sp³-hybridized carbons (Fsp3) is 0.381. The lowest BCUT2D eigenvalue weighted by molar-refractivity contribution is 0.593. The fourth-order valence-corrected chi connectivity index (χ4v) is 3.97. The molecule has 7 nitrogen and oxygen atoms in total. The van der Waals surface area contributed by atoms with Gasteiger partial charge in [-0.05, 0) is 30.4 Å². The van der Waals surface area contributed by atoms with Gasteiger partial charge < -0.3 is 5.32 Å². The molecule has 4 heterocycles. The topological polar surface area (TPSA) is 80.4 Å². The maximum atomic E-state index is 13.7. The second-order valence-corrected chi connectivity index (χ2v) is 7.90.